The topological polar surface area (TPSA) is 43.8 Å². The highest BCUT2D eigenvalue weighted by atomic mass is 35.5. The maximum atomic E-state index is 6.34. The molecular weight excluding hydrogens is 329 g/mol. The van der Waals surface area contributed by atoms with Crippen LogP contribution in [0.3, 0.4) is 0 Å². The van der Waals surface area contributed by atoms with E-state index in [9.17, 15) is 0 Å². The number of benzene rings is 2. The molecule has 0 aliphatic heterocycles. The highest BCUT2D eigenvalue weighted by molar-refractivity contribution is 6.36. The zero-order valence-corrected chi connectivity index (χ0v) is 14.2. The molecule has 0 spiro atoms. The van der Waals surface area contributed by atoms with E-state index in [1.807, 2.05) is 43.6 Å². The van der Waals surface area contributed by atoms with Crippen LogP contribution in [0.1, 0.15) is 24.2 Å². The molecule has 1 aromatic heterocycles. The van der Waals surface area contributed by atoms with Gasteiger partial charge in [0, 0.05) is 23.2 Å². The van der Waals surface area contributed by atoms with Crippen molar-refractivity contribution in [3.63, 3.8) is 0 Å². The van der Waals surface area contributed by atoms with Gasteiger partial charge in [0.2, 0.25) is 0 Å². The minimum absolute atomic E-state index is 0.164. The van der Waals surface area contributed by atoms with Gasteiger partial charge in [-0.25, -0.2) is 4.98 Å². The number of aromatic nitrogens is 2. The van der Waals surface area contributed by atoms with E-state index in [-0.39, 0.29) is 6.04 Å². The normalized spacial score (nSPS) is 12.3. The summed E-state index contributed by atoms with van der Waals surface area (Å²) in [6.45, 7) is 2.67. The van der Waals surface area contributed by atoms with Gasteiger partial charge in [-0.05, 0) is 30.7 Å². The molecular formula is C18H17Cl2N3. The molecule has 2 N–H and O–H groups in total. The van der Waals surface area contributed by atoms with Crippen LogP contribution in [-0.2, 0) is 6.54 Å². The molecule has 3 nitrogen and oxygen atoms in total. The second kappa shape index (κ2) is 6.75. The summed E-state index contributed by atoms with van der Waals surface area (Å²) in [7, 11) is 0. The second-order valence-corrected chi connectivity index (χ2v) is 6.35. The molecule has 0 radical (unpaired) electrons. The standard InChI is InChI=1S/C18H17Cl2N3/c1-12(21)18-17(15-8-7-14(19)9-16(15)20)22-11-23(18)10-13-5-3-2-4-6-13/h2-9,11-12H,10,21H2,1H3. The van der Waals surface area contributed by atoms with Crippen molar-refractivity contribution in [3.05, 3.63) is 76.2 Å². The summed E-state index contributed by atoms with van der Waals surface area (Å²) in [4.78, 5) is 4.55. The van der Waals surface area contributed by atoms with E-state index < -0.39 is 0 Å². The molecule has 0 saturated carbocycles. The summed E-state index contributed by atoms with van der Waals surface area (Å²) in [5.74, 6) is 0. The highest BCUT2D eigenvalue weighted by Gasteiger charge is 2.18. The maximum Gasteiger partial charge on any atom is 0.0959 e. The number of rotatable bonds is 4. The first-order valence-electron chi connectivity index (χ1n) is 7.36. The lowest BCUT2D eigenvalue weighted by Gasteiger charge is -2.14. The average Bonchev–Trinajstić information content (AvgIpc) is 2.92. The Morgan fingerprint density at radius 1 is 1.13 bits per heavy atom. The van der Waals surface area contributed by atoms with Gasteiger partial charge < -0.3 is 10.3 Å². The van der Waals surface area contributed by atoms with Crippen LogP contribution in [0.2, 0.25) is 10.0 Å². The molecule has 2 aromatic carbocycles. The predicted octanol–water partition coefficient (Wildman–Crippen LogP) is 4.92. The first kappa shape index (κ1) is 16.1. The number of halogens is 2. The Morgan fingerprint density at radius 2 is 1.87 bits per heavy atom. The van der Waals surface area contributed by atoms with E-state index in [0.717, 1.165) is 23.5 Å². The van der Waals surface area contributed by atoms with Crippen LogP contribution < -0.4 is 5.73 Å². The van der Waals surface area contributed by atoms with Crippen LogP contribution in [0.25, 0.3) is 11.3 Å². The van der Waals surface area contributed by atoms with Crippen molar-refractivity contribution in [2.24, 2.45) is 5.73 Å². The largest absolute Gasteiger partial charge is 0.328 e. The summed E-state index contributed by atoms with van der Waals surface area (Å²) in [5.41, 5.74) is 10.00. The van der Waals surface area contributed by atoms with Gasteiger partial charge in [0.25, 0.3) is 0 Å². The van der Waals surface area contributed by atoms with Gasteiger partial charge in [0.1, 0.15) is 0 Å². The third kappa shape index (κ3) is 3.42. The lowest BCUT2D eigenvalue weighted by atomic mass is 10.1. The van der Waals surface area contributed by atoms with Crippen molar-refractivity contribution < 1.29 is 0 Å². The van der Waals surface area contributed by atoms with Crippen molar-refractivity contribution in [2.45, 2.75) is 19.5 Å². The first-order chi connectivity index (χ1) is 11.1. The summed E-state index contributed by atoms with van der Waals surface area (Å²) >= 11 is 12.3. The smallest absolute Gasteiger partial charge is 0.0959 e. The van der Waals surface area contributed by atoms with Crippen molar-refractivity contribution in [1.29, 1.82) is 0 Å². The van der Waals surface area contributed by atoms with Gasteiger partial charge in [-0.15, -0.1) is 0 Å². The van der Waals surface area contributed by atoms with Gasteiger partial charge in [0.05, 0.1) is 22.7 Å². The fourth-order valence-electron chi connectivity index (χ4n) is 2.66. The molecule has 1 unspecified atom stereocenters. The molecule has 118 valence electrons. The van der Waals surface area contributed by atoms with E-state index in [0.29, 0.717) is 10.0 Å². The highest BCUT2D eigenvalue weighted by Crippen LogP contribution is 2.33. The molecule has 1 atom stereocenters. The van der Waals surface area contributed by atoms with Crippen LogP contribution in [0.5, 0.6) is 0 Å². The molecule has 0 amide bonds. The lowest BCUT2D eigenvalue weighted by molar-refractivity contribution is 0.676. The van der Waals surface area contributed by atoms with E-state index in [1.165, 1.54) is 5.56 Å². The number of nitrogens with two attached hydrogens (primary N) is 1. The van der Waals surface area contributed by atoms with E-state index >= 15 is 0 Å². The van der Waals surface area contributed by atoms with Gasteiger partial charge in [0.15, 0.2) is 0 Å². The predicted molar refractivity (Wildman–Crippen MR) is 95.8 cm³/mol. The zero-order chi connectivity index (χ0) is 16.4. The van der Waals surface area contributed by atoms with Crippen LogP contribution in [0.15, 0.2) is 54.9 Å². The summed E-state index contributed by atoms with van der Waals surface area (Å²) in [6.07, 6.45) is 1.81. The van der Waals surface area contributed by atoms with Crippen LogP contribution in [0.4, 0.5) is 0 Å². The van der Waals surface area contributed by atoms with E-state index in [1.54, 1.807) is 6.07 Å². The summed E-state index contributed by atoms with van der Waals surface area (Å²) in [6, 6.07) is 15.5. The number of hydrogen-bond donors (Lipinski definition) is 1. The number of hydrogen-bond acceptors (Lipinski definition) is 2. The minimum Gasteiger partial charge on any atom is -0.328 e. The van der Waals surface area contributed by atoms with Gasteiger partial charge in [-0.2, -0.15) is 0 Å². The van der Waals surface area contributed by atoms with Crippen molar-refractivity contribution in [3.8, 4) is 11.3 Å². The van der Waals surface area contributed by atoms with Crippen molar-refractivity contribution in [2.75, 3.05) is 0 Å². The molecule has 3 rings (SSSR count). The van der Waals surface area contributed by atoms with Crippen LogP contribution in [-0.4, -0.2) is 9.55 Å². The fourth-order valence-corrected chi connectivity index (χ4v) is 3.16. The van der Waals surface area contributed by atoms with Crippen LogP contribution >= 0.6 is 23.2 Å². The molecule has 0 aliphatic carbocycles. The molecule has 5 heteroatoms. The third-order valence-electron chi connectivity index (χ3n) is 3.69. The van der Waals surface area contributed by atoms with E-state index in [4.69, 9.17) is 28.9 Å². The van der Waals surface area contributed by atoms with Crippen molar-refractivity contribution in [1.82, 2.24) is 9.55 Å². The van der Waals surface area contributed by atoms with Gasteiger partial charge >= 0.3 is 0 Å². The Balaban J connectivity index is 2.05. The third-order valence-corrected chi connectivity index (χ3v) is 4.24. The fraction of sp³-hybridized carbons (Fsp3) is 0.167. The molecule has 0 saturated heterocycles. The average molecular weight is 346 g/mol. The number of imidazole rings is 1. The second-order valence-electron chi connectivity index (χ2n) is 5.50. The molecule has 23 heavy (non-hydrogen) atoms. The zero-order valence-electron chi connectivity index (χ0n) is 12.7. The lowest BCUT2D eigenvalue weighted by Crippen LogP contribution is -2.13. The molecule has 0 bridgehead atoms. The van der Waals surface area contributed by atoms with Crippen molar-refractivity contribution >= 4 is 23.2 Å². The minimum atomic E-state index is -0.164. The van der Waals surface area contributed by atoms with E-state index in [2.05, 4.69) is 21.7 Å². The Kier molecular flexibility index (Phi) is 4.71. The molecule has 3 aromatic rings. The molecule has 0 fully saturated rings. The number of nitrogens with zero attached hydrogens (tertiary/aromatic N) is 2. The maximum absolute atomic E-state index is 6.34. The Morgan fingerprint density at radius 3 is 2.52 bits per heavy atom. The first-order valence-corrected chi connectivity index (χ1v) is 8.12. The quantitative estimate of drug-likeness (QED) is 0.728. The van der Waals surface area contributed by atoms with Crippen LogP contribution in [0, 0.1) is 0 Å². The Bertz CT molecular complexity index is 810. The molecule has 0 aliphatic rings. The Labute approximate surface area is 145 Å². The monoisotopic (exact) mass is 345 g/mol. The molecule has 1 heterocycles. The SMILES string of the molecule is CC(N)c1c(-c2ccc(Cl)cc2Cl)ncn1Cc1ccccc1. The Hall–Kier alpha value is -1.81. The van der Waals surface area contributed by atoms with Gasteiger partial charge in [-0.3, -0.25) is 0 Å². The summed E-state index contributed by atoms with van der Waals surface area (Å²) < 4.78 is 2.07. The summed E-state index contributed by atoms with van der Waals surface area (Å²) in [5, 5.41) is 1.18. The van der Waals surface area contributed by atoms with Gasteiger partial charge in [-0.1, -0.05) is 53.5 Å².